The van der Waals surface area contributed by atoms with Crippen LogP contribution in [0.1, 0.15) is 37.0 Å². The molecular formula is C16H18O2. The molecule has 2 bridgehead atoms. The van der Waals surface area contributed by atoms with Crippen molar-refractivity contribution in [3.05, 3.63) is 48.0 Å². The number of ketones is 1. The minimum absolute atomic E-state index is 0.102. The van der Waals surface area contributed by atoms with Crippen molar-refractivity contribution >= 4 is 5.78 Å². The maximum absolute atomic E-state index is 12.8. The third kappa shape index (κ3) is 1.24. The van der Waals surface area contributed by atoms with Crippen LogP contribution in [0.2, 0.25) is 0 Å². The summed E-state index contributed by atoms with van der Waals surface area (Å²) in [6.07, 6.45) is 3.44. The first kappa shape index (κ1) is 11.7. The Morgan fingerprint density at radius 3 is 3.00 bits per heavy atom. The molecule has 1 aliphatic heterocycles. The lowest BCUT2D eigenvalue weighted by molar-refractivity contribution is -0.146. The molecule has 3 atom stereocenters. The summed E-state index contributed by atoms with van der Waals surface area (Å²) in [5, 5.41) is 0. The van der Waals surface area contributed by atoms with Gasteiger partial charge in [-0.25, -0.2) is 0 Å². The first-order valence-electron chi connectivity index (χ1n) is 6.63. The number of hydrogen-bond acceptors (Lipinski definition) is 2. The van der Waals surface area contributed by atoms with Gasteiger partial charge in [0, 0.05) is 5.92 Å². The van der Waals surface area contributed by atoms with Gasteiger partial charge in [-0.2, -0.15) is 0 Å². The van der Waals surface area contributed by atoms with Crippen molar-refractivity contribution in [2.75, 3.05) is 6.61 Å². The molecule has 0 amide bonds. The van der Waals surface area contributed by atoms with Gasteiger partial charge in [0.05, 0.1) is 12.0 Å². The Morgan fingerprint density at radius 2 is 2.28 bits per heavy atom. The quantitative estimate of drug-likeness (QED) is 0.761. The number of benzene rings is 1. The van der Waals surface area contributed by atoms with Crippen LogP contribution in [-0.4, -0.2) is 12.4 Å². The Labute approximate surface area is 108 Å². The molecule has 2 nitrogen and oxygen atoms in total. The fourth-order valence-electron chi connectivity index (χ4n) is 3.64. The second-order valence-electron chi connectivity index (χ2n) is 5.23. The van der Waals surface area contributed by atoms with Crippen molar-refractivity contribution in [2.45, 2.75) is 31.3 Å². The van der Waals surface area contributed by atoms with Gasteiger partial charge < -0.3 is 4.74 Å². The van der Waals surface area contributed by atoms with Crippen molar-refractivity contribution in [3.63, 3.8) is 0 Å². The molecule has 2 heteroatoms. The molecule has 18 heavy (non-hydrogen) atoms. The third-order valence-corrected chi connectivity index (χ3v) is 4.41. The van der Waals surface area contributed by atoms with E-state index in [9.17, 15) is 4.79 Å². The molecule has 1 aromatic rings. The van der Waals surface area contributed by atoms with E-state index in [1.54, 1.807) is 0 Å². The van der Waals surface area contributed by atoms with Crippen molar-refractivity contribution in [2.24, 2.45) is 5.92 Å². The van der Waals surface area contributed by atoms with Crippen LogP contribution in [0, 0.1) is 5.92 Å². The Kier molecular flexibility index (Phi) is 2.63. The largest absolute Gasteiger partial charge is 0.365 e. The fourth-order valence-corrected chi connectivity index (χ4v) is 3.64. The van der Waals surface area contributed by atoms with Crippen LogP contribution in [-0.2, 0) is 14.9 Å². The van der Waals surface area contributed by atoms with Gasteiger partial charge in [-0.15, -0.1) is 6.58 Å². The van der Waals surface area contributed by atoms with Crippen LogP contribution < -0.4 is 0 Å². The van der Waals surface area contributed by atoms with Crippen LogP contribution in [0.4, 0.5) is 0 Å². The molecule has 3 rings (SSSR count). The predicted molar refractivity (Wildman–Crippen MR) is 70.4 cm³/mol. The summed E-state index contributed by atoms with van der Waals surface area (Å²) in [4.78, 5) is 12.8. The van der Waals surface area contributed by atoms with E-state index in [4.69, 9.17) is 4.74 Å². The summed E-state index contributed by atoms with van der Waals surface area (Å²) in [5.74, 6) is 0.339. The van der Waals surface area contributed by atoms with E-state index in [-0.39, 0.29) is 23.2 Å². The second-order valence-corrected chi connectivity index (χ2v) is 5.23. The van der Waals surface area contributed by atoms with Gasteiger partial charge in [0.25, 0.3) is 0 Å². The van der Waals surface area contributed by atoms with Crippen LogP contribution in [0.3, 0.4) is 0 Å². The topological polar surface area (TPSA) is 26.3 Å². The highest BCUT2D eigenvalue weighted by Gasteiger charge is 2.58. The molecule has 0 aromatic heterocycles. The Balaban J connectivity index is 2.24. The maximum atomic E-state index is 12.8. The summed E-state index contributed by atoms with van der Waals surface area (Å²) in [7, 11) is 0. The van der Waals surface area contributed by atoms with E-state index in [2.05, 4.69) is 19.6 Å². The number of fused-ring (bicyclic) bond motifs is 5. The summed E-state index contributed by atoms with van der Waals surface area (Å²) in [5.41, 5.74) is 1.86. The second kappa shape index (κ2) is 4.06. The smallest absolute Gasteiger partial charge is 0.177 e. The van der Waals surface area contributed by atoms with Gasteiger partial charge >= 0.3 is 0 Å². The van der Waals surface area contributed by atoms with Crippen LogP contribution in [0.5, 0.6) is 0 Å². The van der Waals surface area contributed by atoms with Gasteiger partial charge in [-0.05, 0) is 17.5 Å². The number of rotatable bonds is 3. The normalized spacial score (nSPS) is 33.3. The molecule has 1 aromatic carbocycles. The molecule has 94 valence electrons. The van der Waals surface area contributed by atoms with Crippen molar-refractivity contribution in [3.8, 4) is 0 Å². The zero-order chi connectivity index (χ0) is 12.8. The lowest BCUT2D eigenvalue weighted by atomic mass is 9.67. The van der Waals surface area contributed by atoms with Crippen molar-refractivity contribution in [1.82, 2.24) is 0 Å². The van der Waals surface area contributed by atoms with Crippen LogP contribution in [0.25, 0.3) is 0 Å². The van der Waals surface area contributed by atoms with Gasteiger partial charge in [0.1, 0.15) is 6.10 Å². The van der Waals surface area contributed by atoms with Gasteiger partial charge in [0.2, 0.25) is 0 Å². The zero-order valence-electron chi connectivity index (χ0n) is 10.7. The fraction of sp³-hybridized carbons (Fsp3) is 0.438. The highest BCUT2D eigenvalue weighted by atomic mass is 16.5. The number of carbonyl (C=O) groups is 1. The minimum Gasteiger partial charge on any atom is -0.365 e. The SMILES string of the molecule is C=CC1COC2C(=O)C1(CCC)c1ccccc12. The number of Topliss-reactive ketones (excluding diaryl/α,β-unsaturated/α-hetero) is 1. The van der Waals surface area contributed by atoms with Gasteiger partial charge in [-0.3, -0.25) is 4.79 Å². The highest BCUT2D eigenvalue weighted by molar-refractivity contribution is 6.00. The summed E-state index contributed by atoms with van der Waals surface area (Å²) >= 11 is 0. The highest BCUT2D eigenvalue weighted by Crippen LogP contribution is 2.54. The first-order valence-corrected chi connectivity index (χ1v) is 6.63. The van der Waals surface area contributed by atoms with Crippen LogP contribution in [0.15, 0.2) is 36.9 Å². The lowest BCUT2D eigenvalue weighted by Crippen LogP contribution is -2.46. The van der Waals surface area contributed by atoms with E-state index in [1.165, 1.54) is 5.56 Å². The number of carbonyl (C=O) groups excluding carboxylic acids is 1. The predicted octanol–water partition coefficient (Wildman–Crippen LogP) is 3.18. The van der Waals surface area contributed by atoms with E-state index >= 15 is 0 Å². The molecule has 1 aliphatic carbocycles. The molecule has 0 radical (unpaired) electrons. The molecule has 1 saturated heterocycles. The van der Waals surface area contributed by atoms with E-state index in [1.807, 2.05) is 24.3 Å². The molecule has 0 saturated carbocycles. The summed E-state index contributed by atoms with van der Waals surface area (Å²) in [6.45, 7) is 6.64. The van der Waals surface area contributed by atoms with Gasteiger partial charge in [0.15, 0.2) is 5.78 Å². The molecule has 2 aliphatic rings. The average Bonchev–Trinajstić information content (AvgIpc) is 2.56. The Morgan fingerprint density at radius 1 is 1.50 bits per heavy atom. The Bertz CT molecular complexity index is 506. The third-order valence-electron chi connectivity index (χ3n) is 4.41. The first-order chi connectivity index (χ1) is 8.75. The van der Waals surface area contributed by atoms with E-state index in [0.29, 0.717) is 6.61 Å². The zero-order valence-corrected chi connectivity index (χ0v) is 10.7. The monoisotopic (exact) mass is 242 g/mol. The molecule has 0 spiro atoms. The van der Waals surface area contributed by atoms with E-state index < -0.39 is 0 Å². The number of hydrogen-bond donors (Lipinski definition) is 0. The van der Waals surface area contributed by atoms with Crippen LogP contribution >= 0.6 is 0 Å². The van der Waals surface area contributed by atoms with Gasteiger partial charge in [-0.1, -0.05) is 43.7 Å². The number of ether oxygens (including phenoxy) is 1. The standard InChI is InChI=1S/C16H18O2/c1-3-9-16-11(4-2)10-18-14(15(16)17)12-7-5-6-8-13(12)16/h4-8,11,14H,2-3,9-10H2,1H3. The molecule has 1 fully saturated rings. The molecular weight excluding hydrogens is 224 g/mol. The maximum Gasteiger partial charge on any atom is 0.177 e. The molecule has 3 unspecified atom stereocenters. The Hall–Kier alpha value is -1.41. The van der Waals surface area contributed by atoms with E-state index in [0.717, 1.165) is 18.4 Å². The minimum atomic E-state index is -0.379. The van der Waals surface area contributed by atoms with Crippen molar-refractivity contribution < 1.29 is 9.53 Å². The average molecular weight is 242 g/mol. The summed E-state index contributed by atoms with van der Waals surface area (Å²) in [6, 6.07) is 8.12. The lowest BCUT2D eigenvalue weighted by Gasteiger charge is -2.38. The molecule has 0 N–H and O–H groups in total. The molecule has 1 heterocycles. The summed E-state index contributed by atoms with van der Waals surface area (Å²) < 4.78 is 5.76. The van der Waals surface area contributed by atoms with Crippen molar-refractivity contribution in [1.29, 1.82) is 0 Å².